The van der Waals surface area contributed by atoms with Crippen LogP contribution in [0.4, 0.5) is 5.69 Å². The minimum Gasteiger partial charge on any atom is -0.311 e. The Hall–Kier alpha value is -1.80. The third kappa shape index (κ3) is 3.15. The zero-order valence-electron chi connectivity index (χ0n) is 10.6. The second-order valence-electron chi connectivity index (χ2n) is 4.40. The second kappa shape index (κ2) is 5.89. The van der Waals surface area contributed by atoms with Crippen molar-refractivity contribution < 1.29 is 9.59 Å². The van der Waals surface area contributed by atoms with E-state index in [9.17, 15) is 9.59 Å². The summed E-state index contributed by atoms with van der Waals surface area (Å²) < 4.78 is 0. The molecule has 0 radical (unpaired) electrons. The number of hydrogen-bond acceptors (Lipinski definition) is 4. The van der Waals surface area contributed by atoms with E-state index in [1.54, 1.807) is 4.90 Å². The lowest BCUT2D eigenvalue weighted by Gasteiger charge is -2.19. The number of rotatable bonds is 3. The van der Waals surface area contributed by atoms with Crippen molar-refractivity contribution in [1.82, 2.24) is 0 Å². The highest BCUT2D eigenvalue weighted by Gasteiger charge is 2.32. The summed E-state index contributed by atoms with van der Waals surface area (Å²) in [6, 6.07) is 9.54. The number of hydrogen-bond donors (Lipinski definition) is 0. The number of carbonyl (C=O) groups is 2. The van der Waals surface area contributed by atoms with Crippen molar-refractivity contribution in [3.05, 3.63) is 29.8 Å². The van der Waals surface area contributed by atoms with Crippen LogP contribution in [0.15, 0.2) is 24.3 Å². The lowest BCUT2D eigenvalue weighted by Crippen LogP contribution is -2.26. The van der Waals surface area contributed by atoms with E-state index in [1.165, 1.54) is 18.7 Å². The first kappa shape index (κ1) is 13.6. The Kier molecular flexibility index (Phi) is 4.23. The Labute approximate surface area is 116 Å². The van der Waals surface area contributed by atoms with Crippen LogP contribution in [-0.2, 0) is 16.0 Å². The average Bonchev–Trinajstić information content (AvgIpc) is 2.70. The number of nitrogens with zero attached hydrogens (tertiary/aromatic N) is 2. The fourth-order valence-corrected chi connectivity index (χ4v) is 3.15. The Morgan fingerprint density at radius 2 is 2.26 bits per heavy atom. The quantitative estimate of drug-likeness (QED) is 0.847. The average molecular weight is 274 g/mol. The van der Waals surface area contributed by atoms with Crippen LogP contribution < -0.4 is 4.90 Å². The van der Waals surface area contributed by atoms with Gasteiger partial charge < -0.3 is 4.90 Å². The zero-order chi connectivity index (χ0) is 13.8. The molecule has 0 N–H and O–H groups in total. The summed E-state index contributed by atoms with van der Waals surface area (Å²) in [6.45, 7) is 2.05. The molecule has 19 heavy (non-hydrogen) atoms. The molecule has 4 nitrogen and oxygen atoms in total. The molecule has 0 bridgehead atoms. The summed E-state index contributed by atoms with van der Waals surface area (Å²) in [5, 5.41) is 8.87. The predicted molar refractivity (Wildman–Crippen MR) is 74.8 cm³/mol. The molecule has 1 heterocycles. The molecule has 5 heteroatoms. The summed E-state index contributed by atoms with van der Waals surface area (Å²) in [4.78, 5) is 24.8. The standard InChI is InChI=1S/C14H14N2O2S/c1-10(17)19-12-8-14(18)16(9-12)13-5-3-2-4-11(13)6-7-15/h2-5,12H,6,8-9H2,1H3. The van der Waals surface area contributed by atoms with Gasteiger partial charge in [0.25, 0.3) is 0 Å². The first-order valence-electron chi connectivity index (χ1n) is 6.04. The van der Waals surface area contributed by atoms with Gasteiger partial charge in [-0.3, -0.25) is 9.59 Å². The van der Waals surface area contributed by atoms with Crippen LogP contribution in [0.1, 0.15) is 18.9 Å². The molecular formula is C14H14N2O2S. The van der Waals surface area contributed by atoms with Gasteiger partial charge in [-0.05, 0) is 11.6 Å². The number of para-hydroxylation sites is 1. The normalized spacial score (nSPS) is 18.4. The van der Waals surface area contributed by atoms with E-state index in [-0.39, 0.29) is 22.7 Å². The maximum Gasteiger partial charge on any atom is 0.228 e. The molecule has 1 aliphatic rings. The monoisotopic (exact) mass is 274 g/mol. The Morgan fingerprint density at radius 1 is 1.53 bits per heavy atom. The summed E-state index contributed by atoms with van der Waals surface area (Å²) in [5.74, 6) is 0.0177. The van der Waals surface area contributed by atoms with E-state index in [0.717, 1.165) is 11.3 Å². The molecule has 0 spiro atoms. The Bertz CT molecular complexity index is 551. The van der Waals surface area contributed by atoms with Gasteiger partial charge in [0.2, 0.25) is 5.91 Å². The molecule has 2 rings (SSSR count). The molecule has 1 fully saturated rings. The number of thioether (sulfide) groups is 1. The fraction of sp³-hybridized carbons (Fsp3) is 0.357. The minimum atomic E-state index is 0.0140. The highest BCUT2D eigenvalue weighted by Crippen LogP contribution is 2.30. The highest BCUT2D eigenvalue weighted by atomic mass is 32.2. The maximum atomic E-state index is 12.0. The van der Waals surface area contributed by atoms with Crippen molar-refractivity contribution in [1.29, 1.82) is 5.26 Å². The molecule has 0 aliphatic carbocycles. The Morgan fingerprint density at radius 3 is 2.95 bits per heavy atom. The molecule has 1 aromatic rings. The molecular weight excluding hydrogens is 260 g/mol. The largest absolute Gasteiger partial charge is 0.311 e. The molecule has 1 atom stereocenters. The number of benzene rings is 1. The Balaban J connectivity index is 2.21. The highest BCUT2D eigenvalue weighted by molar-refractivity contribution is 8.14. The lowest BCUT2D eigenvalue weighted by molar-refractivity contribution is -0.117. The summed E-state index contributed by atoms with van der Waals surface area (Å²) >= 11 is 1.22. The molecule has 1 aliphatic heterocycles. The predicted octanol–water partition coefficient (Wildman–Crippen LogP) is 2.14. The summed E-state index contributed by atoms with van der Waals surface area (Å²) in [7, 11) is 0. The van der Waals surface area contributed by atoms with Gasteiger partial charge in [-0.25, -0.2) is 0 Å². The van der Waals surface area contributed by atoms with Crippen LogP contribution in [0.5, 0.6) is 0 Å². The van der Waals surface area contributed by atoms with Gasteiger partial charge in [0.05, 0.1) is 12.5 Å². The second-order valence-corrected chi connectivity index (χ2v) is 5.88. The first-order valence-corrected chi connectivity index (χ1v) is 6.92. The minimum absolute atomic E-state index is 0.0140. The van der Waals surface area contributed by atoms with Gasteiger partial charge in [-0.2, -0.15) is 5.26 Å². The van der Waals surface area contributed by atoms with E-state index >= 15 is 0 Å². The maximum absolute atomic E-state index is 12.0. The molecule has 98 valence electrons. The smallest absolute Gasteiger partial charge is 0.228 e. The first-order chi connectivity index (χ1) is 9.11. The lowest BCUT2D eigenvalue weighted by atomic mass is 10.1. The molecule has 1 unspecified atom stereocenters. The van der Waals surface area contributed by atoms with E-state index in [0.29, 0.717) is 13.0 Å². The van der Waals surface area contributed by atoms with Gasteiger partial charge in [0.15, 0.2) is 5.12 Å². The van der Waals surface area contributed by atoms with Crippen LogP contribution >= 0.6 is 11.8 Å². The molecule has 0 aromatic heterocycles. The van der Waals surface area contributed by atoms with Gasteiger partial charge in [0.1, 0.15) is 0 Å². The summed E-state index contributed by atoms with van der Waals surface area (Å²) in [6.07, 6.45) is 0.662. The summed E-state index contributed by atoms with van der Waals surface area (Å²) in [5.41, 5.74) is 1.65. The molecule has 1 aromatic carbocycles. The van der Waals surface area contributed by atoms with Gasteiger partial charge in [-0.15, -0.1) is 0 Å². The third-order valence-electron chi connectivity index (χ3n) is 2.97. The molecule has 1 saturated heterocycles. The van der Waals surface area contributed by atoms with E-state index in [2.05, 4.69) is 6.07 Å². The molecule has 0 saturated carbocycles. The van der Waals surface area contributed by atoms with Crippen LogP contribution in [0.2, 0.25) is 0 Å². The van der Waals surface area contributed by atoms with Gasteiger partial charge in [-0.1, -0.05) is 30.0 Å². The molecule has 1 amide bonds. The SMILES string of the molecule is CC(=O)SC1CC(=O)N(c2ccccc2CC#N)C1. The van der Waals surface area contributed by atoms with E-state index < -0.39 is 0 Å². The van der Waals surface area contributed by atoms with Crippen LogP contribution in [-0.4, -0.2) is 22.8 Å². The number of carbonyl (C=O) groups excluding carboxylic acids is 2. The van der Waals surface area contributed by atoms with Crippen molar-refractivity contribution in [3.63, 3.8) is 0 Å². The van der Waals surface area contributed by atoms with Crippen molar-refractivity contribution in [2.45, 2.75) is 25.0 Å². The van der Waals surface area contributed by atoms with Gasteiger partial charge >= 0.3 is 0 Å². The third-order valence-corrected chi connectivity index (χ3v) is 3.96. The van der Waals surface area contributed by atoms with E-state index in [4.69, 9.17) is 5.26 Å². The van der Waals surface area contributed by atoms with Crippen molar-refractivity contribution in [3.8, 4) is 6.07 Å². The van der Waals surface area contributed by atoms with Gasteiger partial charge in [0, 0.05) is 30.8 Å². The van der Waals surface area contributed by atoms with Crippen LogP contribution in [0.25, 0.3) is 0 Å². The van der Waals surface area contributed by atoms with Crippen LogP contribution in [0, 0.1) is 11.3 Å². The number of anilines is 1. The van der Waals surface area contributed by atoms with Crippen molar-refractivity contribution >= 4 is 28.5 Å². The number of nitriles is 1. The van der Waals surface area contributed by atoms with Crippen LogP contribution in [0.3, 0.4) is 0 Å². The zero-order valence-corrected chi connectivity index (χ0v) is 11.4. The fourth-order valence-electron chi connectivity index (χ4n) is 2.23. The topological polar surface area (TPSA) is 61.2 Å². The van der Waals surface area contributed by atoms with Crippen molar-refractivity contribution in [2.24, 2.45) is 0 Å². The number of amides is 1. The van der Waals surface area contributed by atoms with Crippen molar-refractivity contribution in [2.75, 3.05) is 11.4 Å². The van der Waals surface area contributed by atoms with E-state index in [1.807, 2.05) is 24.3 Å².